The van der Waals surface area contributed by atoms with Crippen molar-refractivity contribution < 1.29 is 19.1 Å². The number of hydrogen-bond donors (Lipinski definition) is 1. The maximum Gasteiger partial charge on any atom is 0.328 e. The van der Waals surface area contributed by atoms with E-state index in [9.17, 15) is 4.79 Å². The first kappa shape index (κ1) is 19.6. The Balaban J connectivity index is 3.29. The van der Waals surface area contributed by atoms with Crippen molar-refractivity contribution in [3.05, 3.63) is 28.8 Å². The van der Waals surface area contributed by atoms with Crippen molar-refractivity contribution in [1.82, 2.24) is 0 Å². The highest BCUT2D eigenvalue weighted by Crippen LogP contribution is 2.43. The minimum absolute atomic E-state index is 0.0295. The second kappa shape index (κ2) is 7.40. The monoisotopic (exact) mass is 356 g/mol. The number of ether oxygens (including phenoxy) is 1. The summed E-state index contributed by atoms with van der Waals surface area (Å²) in [6, 6.07) is 3.43. The summed E-state index contributed by atoms with van der Waals surface area (Å²) in [5.74, 6) is 0.0585. The quantitative estimate of drug-likeness (QED) is 0.560. The van der Waals surface area contributed by atoms with Gasteiger partial charge >= 0.3 is 5.97 Å². The largest absolute Gasteiger partial charge is 0.540 e. The number of halogens is 1. The van der Waals surface area contributed by atoms with Crippen LogP contribution in [0.2, 0.25) is 23.2 Å². The highest BCUT2D eigenvalue weighted by atomic mass is 35.5. The molecule has 128 valence electrons. The molecule has 23 heavy (non-hydrogen) atoms. The molecule has 1 N–H and O–H groups in total. The minimum atomic E-state index is -2.07. The molecule has 1 rings (SSSR count). The highest BCUT2D eigenvalue weighted by molar-refractivity contribution is 6.74. The van der Waals surface area contributed by atoms with Crippen molar-refractivity contribution in [2.75, 3.05) is 6.61 Å². The van der Waals surface area contributed by atoms with Crippen LogP contribution in [0.3, 0.4) is 0 Å². The van der Waals surface area contributed by atoms with Crippen LogP contribution in [0, 0.1) is 0 Å². The van der Waals surface area contributed by atoms with Gasteiger partial charge < -0.3 is 14.3 Å². The van der Waals surface area contributed by atoms with Crippen molar-refractivity contribution in [3.63, 3.8) is 0 Å². The van der Waals surface area contributed by atoms with Gasteiger partial charge in [0.05, 0.1) is 11.6 Å². The van der Waals surface area contributed by atoms with Gasteiger partial charge in [-0.3, -0.25) is 0 Å². The van der Waals surface area contributed by atoms with Crippen LogP contribution in [-0.2, 0) is 4.79 Å². The van der Waals surface area contributed by atoms with Gasteiger partial charge in [-0.05, 0) is 48.8 Å². The number of carboxylic acid groups (broad SMARTS) is 1. The average Bonchev–Trinajstić information content (AvgIpc) is 2.39. The maximum atomic E-state index is 10.7. The van der Waals surface area contributed by atoms with Crippen molar-refractivity contribution in [2.45, 2.75) is 45.8 Å². The summed E-state index contributed by atoms with van der Waals surface area (Å²) < 4.78 is 12.0. The van der Waals surface area contributed by atoms with Gasteiger partial charge in [-0.25, -0.2) is 4.79 Å². The molecular formula is C17H25ClO4Si. The van der Waals surface area contributed by atoms with Gasteiger partial charge in [0.2, 0.25) is 0 Å². The van der Waals surface area contributed by atoms with E-state index in [-0.39, 0.29) is 5.04 Å². The van der Waals surface area contributed by atoms with Crippen LogP contribution in [0.4, 0.5) is 0 Å². The summed E-state index contributed by atoms with van der Waals surface area (Å²) in [6.45, 7) is 13.1. The SMILES string of the molecule is CCOc1cc(/C=C/C(=O)O)cc(Cl)c1O[Si](C)(C)C(C)(C)C. The van der Waals surface area contributed by atoms with E-state index in [1.807, 2.05) is 6.92 Å². The van der Waals surface area contributed by atoms with Crippen LogP contribution in [-0.4, -0.2) is 26.0 Å². The van der Waals surface area contributed by atoms with Gasteiger partial charge in [-0.1, -0.05) is 32.4 Å². The molecule has 0 atom stereocenters. The van der Waals surface area contributed by atoms with Crippen molar-refractivity contribution in [1.29, 1.82) is 0 Å². The number of hydrogen-bond acceptors (Lipinski definition) is 3. The number of carbonyl (C=O) groups is 1. The number of rotatable bonds is 6. The van der Waals surface area contributed by atoms with Gasteiger partial charge in [-0.2, -0.15) is 0 Å². The molecule has 0 fully saturated rings. The molecule has 0 aliphatic carbocycles. The molecule has 0 saturated heterocycles. The average molecular weight is 357 g/mol. The summed E-state index contributed by atoms with van der Waals surface area (Å²) in [5, 5.41) is 9.20. The third-order valence-electron chi connectivity index (χ3n) is 3.91. The lowest BCUT2D eigenvalue weighted by Gasteiger charge is -2.37. The van der Waals surface area contributed by atoms with Crippen LogP contribution < -0.4 is 9.16 Å². The predicted molar refractivity (Wildman–Crippen MR) is 97.1 cm³/mol. The van der Waals surface area contributed by atoms with Gasteiger partial charge in [0.1, 0.15) is 0 Å². The smallest absolute Gasteiger partial charge is 0.328 e. The van der Waals surface area contributed by atoms with Crippen LogP contribution in [0.15, 0.2) is 18.2 Å². The molecule has 0 radical (unpaired) electrons. The Hall–Kier alpha value is -1.46. The lowest BCUT2D eigenvalue weighted by Crippen LogP contribution is -2.44. The van der Waals surface area contributed by atoms with E-state index >= 15 is 0 Å². The Bertz CT molecular complexity index is 603. The first-order valence-electron chi connectivity index (χ1n) is 7.54. The summed E-state index contributed by atoms with van der Waals surface area (Å²) in [6.07, 6.45) is 2.54. The first-order chi connectivity index (χ1) is 10.5. The fraction of sp³-hybridized carbons (Fsp3) is 0.471. The number of aliphatic carboxylic acids is 1. The predicted octanol–water partition coefficient (Wildman–Crippen LogP) is 5.22. The van der Waals surface area contributed by atoms with E-state index in [0.717, 1.165) is 6.08 Å². The third-order valence-corrected chi connectivity index (χ3v) is 8.52. The molecule has 0 aliphatic heterocycles. The molecule has 0 unspecified atom stereocenters. The lowest BCUT2D eigenvalue weighted by molar-refractivity contribution is -0.131. The van der Waals surface area contributed by atoms with Gasteiger partial charge in [-0.15, -0.1) is 0 Å². The molecule has 0 heterocycles. The Kier molecular flexibility index (Phi) is 6.30. The van der Waals surface area contributed by atoms with Crippen molar-refractivity contribution >= 4 is 32.0 Å². The fourth-order valence-corrected chi connectivity index (χ4v) is 2.97. The number of benzene rings is 1. The molecular weight excluding hydrogens is 332 g/mol. The molecule has 4 nitrogen and oxygen atoms in total. The highest BCUT2D eigenvalue weighted by Gasteiger charge is 2.40. The summed E-state index contributed by atoms with van der Waals surface area (Å²) >= 11 is 6.38. The Morgan fingerprint density at radius 3 is 2.43 bits per heavy atom. The lowest BCUT2D eigenvalue weighted by atomic mass is 10.2. The van der Waals surface area contributed by atoms with E-state index < -0.39 is 14.3 Å². The van der Waals surface area contributed by atoms with E-state index in [2.05, 4.69) is 33.9 Å². The molecule has 6 heteroatoms. The van der Waals surface area contributed by atoms with E-state index in [4.69, 9.17) is 25.9 Å². The fourth-order valence-electron chi connectivity index (χ4n) is 1.62. The molecule has 0 saturated carbocycles. The van der Waals surface area contributed by atoms with Gasteiger partial charge in [0.25, 0.3) is 8.32 Å². The second-order valence-corrected chi connectivity index (χ2v) is 11.9. The van der Waals surface area contributed by atoms with Gasteiger partial charge in [0, 0.05) is 6.08 Å². The van der Waals surface area contributed by atoms with Crippen molar-refractivity contribution in [3.8, 4) is 11.5 Å². The molecule has 0 amide bonds. The molecule has 1 aromatic carbocycles. The van der Waals surface area contributed by atoms with Crippen LogP contribution >= 0.6 is 11.6 Å². The standard InChI is InChI=1S/C17H25ClO4Si/c1-7-21-14-11-12(8-9-15(19)20)10-13(18)16(14)22-23(5,6)17(2,3)4/h8-11H,7H2,1-6H3,(H,19,20)/b9-8+. The summed E-state index contributed by atoms with van der Waals surface area (Å²) in [4.78, 5) is 10.7. The Morgan fingerprint density at radius 1 is 1.35 bits per heavy atom. The third kappa shape index (κ3) is 5.29. The number of carboxylic acids is 1. The summed E-state index contributed by atoms with van der Waals surface area (Å²) in [5.41, 5.74) is 0.656. The minimum Gasteiger partial charge on any atom is -0.540 e. The Morgan fingerprint density at radius 2 is 1.96 bits per heavy atom. The molecule has 0 bridgehead atoms. The Labute approximate surface area is 144 Å². The van der Waals surface area contributed by atoms with Crippen LogP contribution in [0.25, 0.3) is 6.08 Å². The second-order valence-electron chi connectivity index (χ2n) is 6.80. The van der Waals surface area contributed by atoms with Crippen LogP contribution in [0.1, 0.15) is 33.3 Å². The zero-order valence-electron chi connectivity index (χ0n) is 14.6. The van der Waals surface area contributed by atoms with E-state index in [1.54, 1.807) is 12.1 Å². The maximum absolute atomic E-state index is 10.7. The first-order valence-corrected chi connectivity index (χ1v) is 10.8. The molecule has 0 aliphatic rings. The van der Waals surface area contributed by atoms with E-state index in [0.29, 0.717) is 28.7 Å². The van der Waals surface area contributed by atoms with E-state index in [1.165, 1.54) is 6.08 Å². The molecule has 1 aromatic rings. The molecule has 0 aromatic heterocycles. The summed E-state index contributed by atoms with van der Waals surface area (Å²) in [7, 11) is -2.07. The van der Waals surface area contributed by atoms with Crippen molar-refractivity contribution in [2.24, 2.45) is 0 Å². The zero-order valence-corrected chi connectivity index (χ0v) is 16.3. The molecule has 0 spiro atoms. The zero-order chi connectivity index (χ0) is 17.8. The topological polar surface area (TPSA) is 55.8 Å². The van der Waals surface area contributed by atoms with Gasteiger partial charge in [0.15, 0.2) is 11.5 Å². The van der Waals surface area contributed by atoms with Crippen LogP contribution in [0.5, 0.6) is 11.5 Å². The normalized spacial score (nSPS) is 12.5.